The van der Waals surface area contributed by atoms with Gasteiger partial charge in [0.15, 0.2) is 0 Å². The summed E-state index contributed by atoms with van der Waals surface area (Å²) in [4.78, 5) is 0. The Labute approximate surface area is 93.9 Å². The number of hydrogen-bond acceptors (Lipinski definition) is 3. The molecular weight excluding hydrogens is 200 g/mol. The maximum atomic E-state index is 8.92. The van der Waals surface area contributed by atoms with E-state index in [2.05, 4.69) is 21.6 Å². The van der Waals surface area contributed by atoms with Crippen molar-refractivity contribution in [1.82, 2.24) is 10.2 Å². The van der Waals surface area contributed by atoms with Gasteiger partial charge in [-0.15, -0.1) is 0 Å². The second-order valence-electron chi connectivity index (χ2n) is 3.53. The van der Waals surface area contributed by atoms with Crippen LogP contribution in [0, 0.1) is 18.3 Å². The number of anilines is 1. The molecule has 0 amide bonds. The SMILES string of the molecule is Cc1[nH]ncc1CNc1ccccc1C#N. The van der Waals surface area contributed by atoms with Gasteiger partial charge in [-0.3, -0.25) is 5.10 Å². The van der Waals surface area contributed by atoms with Gasteiger partial charge < -0.3 is 5.32 Å². The number of nitrogens with zero attached hydrogens (tertiary/aromatic N) is 2. The van der Waals surface area contributed by atoms with Gasteiger partial charge in [0.1, 0.15) is 6.07 Å². The van der Waals surface area contributed by atoms with Crippen LogP contribution < -0.4 is 5.32 Å². The third-order valence-electron chi connectivity index (χ3n) is 2.45. The molecule has 0 fully saturated rings. The molecule has 0 saturated heterocycles. The van der Waals surface area contributed by atoms with Gasteiger partial charge in [-0.2, -0.15) is 10.4 Å². The molecule has 0 atom stereocenters. The molecule has 2 N–H and O–H groups in total. The maximum absolute atomic E-state index is 8.92. The van der Waals surface area contributed by atoms with E-state index in [0.717, 1.165) is 16.9 Å². The molecule has 0 aliphatic rings. The highest BCUT2D eigenvalue weighted by Gasteiger charge is 2.02. The first-order valence-corrected chi connectivity index (χ1v) is 5.03. The van der Waals surface area contributed by atoms with E-state index in [1.165, 1.54) is 0 Å². The smallest absolute Gasteiger partial charge is 0.101 e. The Morgan fingerprint density at radius 1 is 1.44 bits per heavy atom. The van der Waals surface area contributed by atoms with Gasteiger partial charge in [0.05, 0.1) is 17.4 Å². The van der Waals surface area contributed by atoms with Crippen molar-refractivity contribution in [3.8, 4) is 6.07 Å². The predicted octanol–water partition coefficient (Wildman–Crippen LogP) is 2.20. The van der Waals surface area contributed by atoms with E-state index in [0.29, 0.717) is 12.1 Å². The van der Waals surface area contributed by atoms with Crippen LogP contribution >= 0.6 is 0 Å². The molecule has 1 aromatic heterocycles. The van der Waals surface area contributed by atoms with Crippen molar-refractivity contribution in [1.29, 1.82) is 5.26 Å². The lowest BCUT2D eigenvalue weighted by molar-refractivity contribution is 1.04. The molecule has 0 unspecified atom stereocenters. The molecule has 4 nitrogen and oxygen atoms in total. The van der Waals surface area contributed by atoms with Crippen LogP contribution in [-0.4, -0.2) is 10.2 Å². The zero-order valence-electron chi connectivity index (χ0n) is 8.99. The first-order valence-electron chi connectivity index (χ1n) is 5.03. The van der Waals surface area contributed by atoms with Crippen LogP contribution in [0.5, 0.6) is 0 Å². The molecule has 1 aromatic carbocycles. The van der Waals surface area contributed by atoms with Crippen molar-refractivity contribution < 1.29 is 0 Å². The minimum Gasteiger partial charge on any atom is -0.380 e. The van der Waals surface area contributed by atoms with Crippen LogP contribution in [0.25, 0.3) is 0 Å². The minimum atomic E-state index is 0.656. The molecule has 0 saturated carbocycles. The van der Waals surface area contributed by atoms with Crippen molar-refractivity contribution in [2.75, 3.05) is 5.32 Å². The first-order chi connectivity index (χ1) is 7.81. The van der Waals surface area contributed by atoms with Gasteiger partial charge in [0.2, 0.25) is 0 Å². The highest BCUT2D eigenvalue weighted by atomic mass is 15.1. The predicted molar refractivity (Wildman–Crippen MR) is 61.8 cm³/mol. The quantitative estimate of drug-likeness (QED) is 0.819. The van der Waals surface area contributed by atoms with E-state index in [-0.39, 0.29) is 0 Å². The normalized spacial score (nSPS) is 9.75. The number of benzene rings is 1. The molecule has 2 rings (SSSR count). The van der Waals surface area contributed by atoms with E-state index in [9.17, 15) is 0 Å². The monoisotopic (exact) mass is 212 g/mol. The maximum Gasteiger partial charge on any atom is 0.101 e. The largest absolute Gasteiger partial charge is 0.380 e. The zero-order valence-corrected chi connectivity index (χ0v) is 8.99. The van der Waals surface area contributed by atoms with Crippen LogP contribution in [0.4, 0.5) is 5.69 Å². The third kappa shape index (κ3) is 2.04. The summed E-state index contributed by atoms with van der Waals surface area (Å²) in [5.41, 5.74) is 3.66. The highest BCUT2D eigenvalue weighted by molar-refractivity contribution is 5.57. The number of H-pyrrole nitrogens is 1. The molecule has 1 heterocycles. The molecule has 0 aliphatic heterocycles. The Hall–Kier alpha value is -2.28. The topological polar surface area (TPSA) is 64.5 Å². The second kappa shape index (κ2) is 4.49. The van der Waals surface area contributed by atoms with Crippen LogP contribution in [0.2, 0.25) is 0 Å². The van der Waals surface area contributed by atoms with Gasteiger partial charge in [-0.25, -0.2) is 0 Å². The summed E-state index contributed by atoms with van der Waals surface area (Å²) in [6.07, 6.45) is 1.79. The van der Waals surface area contributed by atoms with Crippen molar-refractivity contribution in [3.05, 3.63) is 47.3 Å². The van der Waals surface area contributed by atoms with E-state index >= 15 is 0 Å². The summed E-state index contributed by atoms with van der Waals surface area (Å²) < 4.78 is 0. The Morgan fingerprint density at radius 2 is 2.25 bits per heavy atom. The van der Waals surface area contributed by atoms with Crippen molar-refractivity contribution >= 4 is 5.69 Å². The number of nitriles is 1. The van der Waals surface area contributed by atoms with Crippen molar-refractivity contribution in [3.63, 3.8) is 0 Å². The number of nitrogens with one attached hydrogen (secondary N) is 2. The fourth-order valence-electron chi connectivity index (χ4n) is 1.48. The lowest BCUT2D eigenvalue weighted by atomic mass is 10.2. The molecule has 80 valence electrons. The lowest BCUT2D eigenvalue weighted by Gasteiger charge is -2.06. The van der Waals surface area contributed by atoms with Crippen LogP contribution in [0.15, 0.2) is 30.5 Å². The average molecular weight is 212 g/mol. The summed E-state index contributed by atoms with van der Waals surface area (Å²) in [5, 5.41) is 19.0. The Kier molecular flexibility index (Phi) is 2.88. The molecule has 0 spiro atoms. The van der Waals surface area contributed by atoms with Crippen LogP contribution in [-0.2, 0) is 6.54 Å². The van der Waals surface area contributed by atoms with E-state index in [4.69, 9.17) is 5.26 Å². The van der Waals surface area contributed by atoms with Gasteiger partial charge in [-0.05, 0) is 19.1 Å². The number of aromatic amines is 1. The zero-order chi connectivity index (χ0) is 11.4. The summed E-state index contributed by atoms with van der Waals surface area (Å²) >= 11 is 0. The number of aryl methyl sites for hydroxylation is 1. The number of para-hydroxylation sites is 1. The average Bonchev–Trinajstić information content (AvgIpc) is 2.72. The molecule has 0 radical (unpaired) electrons. The van der Waals surface area contributed by atoms with E-state index in [1.54, 1.807) is 12.3 Å². The lowest BCUT2D eigenvalue weighted by Crippen LogP contribution is -2.01. The fourth-order valence-corrected chi connectivity index (χ4v) is 1.48. The Morgan fingerprint density at radius 3 is 2.94 bits per heavy atom. The van der Waals surface area contributed by atoms with Crippen molar-refractivity contribution in [2.45, 2.75) is 13.5 Å². The summed E-state index contributed by atoms with van der Waals surface area (Å²) in [7, 11) is 0. The highest BCUT2D eigenvalue weighted by Crippen LogP contribution is 2.15. The minimum absolute atomic E-state index is 0.656. The van der Waals surface area contributed by atoms with Crippen LogP contribution in [0.3, 0.4) is 0 Å². The standard InChI is InChI=1S/C12H12N4/c1-9-11(8-15-16-9)7-14-12-5-3-2-4-10(12)6-13/h2-5,8,14H,7H2,1H3,(H,15,16). The number of rotatable bonds is 3. The molecule has 16 heavy (non-hydrogen) atoms. The van der Waals surface area contributed by atoms with Gasteiger partial charge >= 0.3 is 0 Å². The number of aromatic nitrogens is 2. The molecule has 2 aromatic rings. The van der Waals surface area contributed by atoms with E-state index in [1.807, 2.05) is 25.1 Å². The third-order valence-corrected chi connectivity index (χ3v) is 2.45. The first kappa shape index (κ1) is 10.2. The fraction of sp³-hybridized carbons (Fsp3) is 0.167. The Bertz CT molecular complexity index is 522. The summed E-state index contributed by atoms with van der Waals surface area (Å²) in [5.74, 6) is 0. The molecule has 0 aliphatic carbocycles. The van der Waals surface area contributed by atoms with Crippen LogP contribution in [0.1, 0.15) is 16.8 Å². The molecule has 4 heteroatoms. The summed E-state index contributed by atoms with van der Waals surface area (Å²) in [6, 6.07) is 9.61. The second-order valence-corrected chi connectivity index (χ2v) is 3.53. The molecule has 0 bridgehead atoms. The van der Waals surface area contributed by atoms with Gasteiger partial charge in [0, 0.05) is 17.8 Å². The van der Waals surface area contributed by atoms with Gasteiger partial charge in [0.25, 0.3) is 0 Å². The van der Waals surface area contributed by atoms with E-state index < -0.39 is 0 Å². The van der Waals surface area contributed by atoms with Gasteiger partial charge in [-0.1, -0.05) is 12.1 Å². The Balaban J connectivity index is 2.11. The van der Waals surface area contributed by atoms with Crippen molar-refractivity contribution in [2.24, 2.45) is 0 Å². The molecular formula is C12H12N4. The summed E-state index contributed by atoms with van der Waals surface area (Å²) in [6.45, 7) is 2.64. The number of hydrogen-bond donors (Lipinski definition) is 2.